The largest absolute Gasteiger partial charge is 0.330 e. The maximum absolute atomic E-state index is 11.0. The molecule has 0 bridgehead atoms. The molecule has 0 aromatic carbocycles. The van der Waals surface area contributed by atoms with E-state index in [1.807, 2.05) is 9.47 Å². The van der Waals surface area contributed by atoms with E-state index in [9.17, 15) is 4.57 Å². The third-order valence-corrected chi connectivity index (χ3v) is 4.16. The Morgan fingerprint density at radius 1 is 1.23 bits per heavy atom. The van der Waals surface area contributed by atoms with Gasteiger partial charge in [-0.15, -0.1) is 0 Å². The Balaban J connectivity index is 3.21. The highest BCUT2D eigenvalue weighted by Gasteiger charge is 2.15. The van der Waals surface area contributed by atoms with Gasteiger partial charge in [0.1, 0.15) is 0 Å². The zero-order chi connectivity index (χ0) is 10.2. The summed E-state index contributed by atoms with van der Waals surface area (Å²) in [6, 6.07) is 0. The second kappa shape index (κ2) is 7.94. The van der Waals surface area contributed by atoms with E-state index in [2.05, 4.69) is 11.2 Å². The van der Waals surface area contributed by atoms with E-state index in [4.69, 9.17) is 4.89 Å². The second-order valence-electron chi connectivity index (χ2n) is 3.23. The van der Waals surface area contributed by atoms with Gasteiger partial charge in [-0.2, -0.15) is 0 Å². The van der Waals surface area contributed by atoms with Crippen molar-refractivity contribution in [2.75, 3.05) is 6.16 Å². The molecule has 0 heterocycles. The van der Waals surface area contributed by atoms with Gasteiger partial charge in [-0.1, -0.05) is 39.0 Å². The summed E-state index contributed by atoms with van der Waals surface area (Å²) < 4.78 is 15.4. The van der Waals surface area contributed by atoms with Crippen molar-refractivity contribution in [2.45, 2.75) is 45.4 Å². The summed E-state index contributed by atoms with van der Waals surface area (Å²) in [7, 11) is -1.42. The van der Waals surface area contributed by atoms with Gasteiger partial charge in [0.2, 0.25) is 0 Å². The predicted molar refractivity (Wildman–Crippen MR) is 58.9 cm³/mol. The fourth-order valence-electron chi connectivity index (χ4n) is 1.14. The summed E-state index contributed by atoms with van der Waals surface area (Å²) in [5.41, 5.74) is 0. The first-order chi connectivity index (χ1) is 6.12. The molecule has 0 aromatic heterocycles. The van der Waals surface area contributed by atoms with E-state index >= 15 is 0 Å². The molecule has 0 saturated carbocycles. The Morgan fingerprint density at radius 3 is 2.31 bits per heavy atom. The lowest BCUT2D eigenvalue weighted by molar-refractivity contribution is 0.397. The molecule has 5 heteroatoms. The van der Waals surface area contributed by atoms with E-state index in [0.717, 1.165) is 19.3 Å². The van der Waals surface area contributed by atoms with Crippen LogP contribution in [0.1, 0.15) is 45.4 Å². The van der Waals surface area contributed by atoms with Crippen molar-refractivity contribution in [3.05, 3.63) is 0 Å². The zero-order valence-corrected chi connectivity index (χ0v) is 10.3. The van der Waals surface area contributed by atoms with Gasteiger partial charge in [0.25, 0.3) is 0 Å². The lowest BCUT2D eigenvalue weighted by Crippen LogP contribution is -1.89. The van der Waals surface area contributed by atoms with Crippen LogP contribution in [0.4, 0.5) is 0 Å². The zero-order valence-electron chi connectivity index (χ0n) is 8.24. The Kier molecular flexibility index (Phi) is 8.29. The Bertz CT molecular complexity index is 161. The molecule has 2 atom stereocenters. The molecule has 13 heavy (non-hydrogen) atoms. The van der Waals surface area contributed by atoms with Gasteiger partial charge in [-0.25, -0.2) is 0 Å². The van der Waals surface area contributed by atoms with Crippen LogP contribution >= 0.6 is 17.1 Å². The van der Waals surface area contributed by atoms with E-state index in [1.54, 1.807) is 0 Å². The summed E-state index contributed by atoms with van der Waals surface area (Å²) in [5.74, 6) is 0. The molecule has 2 unspecified atom stereocenters. The minimum absolute atomic E-state index is 0.280. The van der Waals surface area contributed by atoms with Crippen molar-refractivity contribution >= 4 is 17.1 Å². The summed E-state index contributed by atoms with van der Waals surface area (Å²) in [5, 5.41) is 0. The maximum Gasteiger partial charge on any atom is 0.330 e. The highest BCUT2D eigenvalue weighted by molar-refractivity contribution is 7.56. The van der Waals surface area contributed by atoms with Gasteiger partial charge < -0.3 is 4.89 Å². The van der Waals surface area contributed by atoms with Crippen LogP contribution in [0.15, 0.2) is 0 Å². The average molecular weight is 226 g/mol. The fourth-order valence-corrected chi connectivity index (χ4v) is 2.19. The normalized spacial score (nSPS) is 15.6. The fraction of sp³-hybridized carbons (Fsp3) is 1.00. The summed E-state index contributed by atoms with van der Waals surface area (Å²) in [4.78, 5) is 9.04. The van der Waals surface area contributed by atoms with Gasteiger partial charge >= 0.3 is 7.60 Å². The standard InChI is InChI=1S/C8H20O3P2/c1-2-3-4-5-6-7-8-13(9,10)11-12/h2-8,12H2,1H3,(H,9,10). The van der Waals surface area contributed by atoms with Gasteiger partial charge in [-0.05, 0) is 6.42 Å². The first-order valence-corrected chi connectivity index (χ1v) is 7.06. The summed E-state index contributed by atoms with van der Waals surface area (Å²) >= 11 is 0. The minimum Gasteiger partial charge on any atom is -0.324 e. The van der Waals surface area contributed by atoms with Crippen molar-refractivity contribution in [2.24, 2.45) is 0 Å². The molecule has 0 aliphatic rings. The van der Waals surface area contributed by atoms with Crippen molar-refractivity contribution in [3.8, 4) is 0 Å². The first kappa shape index (κ1) is 13.6. The quantitative estimate of drug-likeness (QED) is 0.510. The van der Waals surface area contributed by atoms with Crippen LogP contribution in [0.3, 0.4) is 0 Å². The molecule has 80 valence electrons. The van der Waals surface area contributed by atoms with Crippen molar-refractivity contribution < 1.29 is 13.8 Å². The van der Waals surface area contributed by atoms with Gasteiger partial charge in [0.15, 0.2) is 0 Å². The molecule has 0 rings (SSSR count). The first-order valence-electron chi connectivity index (χ1n) is 4.82. The van der Waals surface area contributed by atoms with E-state index in [1.165, 1.54) is 19.3 Å². The molecular weight excluding hydrogens is 206 g/mol. The molecule has 0 fully saturated rings. The SMILES string of the molecule is CCCCCCCCP(=O)(O)OP. The van der Waals surface area contributed by atoms with Crippen LogP contribution in [-0.4, -0.2) is 11.1 Å². The molecule has 0 amide bonds. The van der Waals surface area contributed by atoms with Crippen LogP contribution in [0, 0.1) is 0 Å². The van der Waals surface area contributed by atoms with Crippen LogP contribution in [0.2, 0.25) is 0 Å². The van der Waals surface area contributed by atoms with Gasteiger partial charge in [-0.3, -0.25) is 8.88 Å². The average Bonchev–Trinajstić information content (AvgIpc) is 2.11. The molecule has 0 radical (unpaired) electrons. The molecule has 0 saturated heterocycles. The van der Waals surface area contributed by atoms with E-state index < -0.39 is 7.60 Å². The lowest BCUT2D eigenvalue weighted by Gasteiger charge is -2.07. The van der Waals surface area contributed by atoms with Crippen molar-refractivity contribution in [1.82, 2.24) is 0 Å². The summed E-state index contributed by atoms with van der Waals surface area (Å²) in [6.45, 7) is 2.17. The molecule has 0 aliphatic heterocycles. The van der Waals surface area contributed by atoms with E-state index in [-0.39, 0.29) is 6.16 Å². The number of hydrogen-bond donors (Lipinski definition) is 1. The molecule has 1 N–H and O–H groups in total. The van der Waals surface area contributed by atoms with Crippen LogP contribution in [0.25, 0.3) is 0 Å². The second-order valence-corrected chi connectivity index (χ2v) is 5.80. The van der Waals surface area contributed by atoms with Crippen LogP contribution < -0.4 is 0 Å². The maximum atomic E-state index is 11.0. The number of rotatable bonds is 8. The minimum atomic E-state index is -3.27. The summed E-state index contributed by atoms with van der Waals surface area (Å²) in [6.07, 6.45) is 6.97. The van der Waals surface area contributed by atoms with Crippen molar-refractivity contribution in [3.63, 3.8) is 0 Å². The molecule has 3 nitrogen and oxygen atoms in total. The third-order valence-electron chi connectivity index (χ3n) is 1.96. The third kappa shape index (κ3) is 8.90. The molecular formula is C8H20O3P2. The van der Waals surface area contributed by atoms with Crippen LogP contribution in [0.5, 0.6) is 0 Å². The monoisotopic (exact) mass is 226 g/mol. The smallest absolute Gasteiger partial charge is 0.324 e. The Labute approximate surface area is 83.1 Å². The topological polar surface area (TPSA) is 46.5 Å². The molecule has 0 aromatic rings. The van der Waals surface area contributed by atoms with Crippen LogP contribution in [-0.2, 0) is 8.88 Å². The van der Waals surface area contributed by atoms with Crippen molar-refractivity contribution in [1.29, 1.82) is 0 Å². The highest BCUT2D eigenvalue weighted by Crippen LogP contribution is 2.44. The predicted octanol–water partition coefficient (Wildman–Crippen LogP) is 3.34. The Morgan fingerprint density at radius 2 is 1.77 bits per heavy atom. The Hall–Kier alpha value is 0.580. The van der Waals surface area contributed by atoms with Gasteiger partial charge in [0, 0.05) is 9.47 Å². The van der Waals surface area contributed by atoms with Gasteiger partial charge in [0.05, 0.1) is 6.16 Å². The number of hydrogen-bond acceptors (Lipinski definition) is 2. The number of unbranched alkanes of at least 4 members (excludes halogenated alkanes) is 5. The highest BCUT2D eigenvalue weighted by atomic mass is 31.2. The lowest BCUT2D eigenvalue weighted by atomic mass is 10.1. The molecule has 0 aliphatic carbocycles. The molecule has 0 spiro atoms. The van der Waals surface area contributed by atoms with E-state index in [0.29, 0.717) is 0 Å².